The number of nitrogens with zero attached hydrogens (tertiary/aromatic N) is 2. The molecule has 0 bridgehead atoms. The van der Waals surface area contributed by atoms with Crippen LogP contribution in [-0.2, 0) is 4.79 Å². The summed E-state index contributed by atoms with van der Waals surface area (Å²) in [6, 6.07) is 3.96. The lowest BCUT2D eigenvalue weighted by Crippen LogP contribution is -2.30. The first-order valence-corrected chi connectivity index (χ1v) is 7.39. The molecule has 0 aliphatic carbocycles. The maximum atomic E-state index is 11.9. The molecule has 1 aromatic carbocycles. The van der Waals surface area contributed by atoms with Gasteiger partial charge in [0.25, 0.3) is 17.4 Å². The van der Waals surface area contributed by atoms with Crippen molar-refractivity contribution in [1.82, 2.24) is 0 Å². The van der Waals surface area contributed by atoms with Gasteiger partial charge in [0.05, 0.1) is 16.2 Å². The van der Waals surface area contributed by atoms with E-state index in [-0.39, 0.29) is 11.3 Å². The van der Waals surface area contributed by atoms with Crippen LogP contribution < -0.4 is 4.90 Å². The van der Waals surface area contributed by atoms with E-state index in [0.29, 0.717) is 12.2 Å². The summed E-state index contributed by atoms with van der Waals surface area (Å²) in [7, 11) is 0. The molecular formula is C13H13BrN2O4. The van der Waals surface area contributed by atoms with Crippen LogP contribution in [0.25, 0.3) is 0 Å². The van der Waals surface area contributed by atoms with E-state index in [4.69, 9.17) is 0 Å². The zero-order chi connectivity index (χ0) is 14.7. The normalized spacial score (nSPS) is 13.8. The number of benzene rings is 1. The number of hydrogen-bond donors (Lipinski definition) is 0. The third kappa shape index (κ3) is 2.72. The van der Waals surface area contributed by atoms with Gasteiger partial charge in [0.15, 0.2) is 0 Å². The second kappa shape index (κ2) is 6.13. The average Bonchev–Trinajstić information content (AvgIpc) is 2.67. The monoisotopic (exact) mass is 340 g/mol. The van der Waals surface area contributed by atoms with Gasteiger partial charge in [0.2, 0.25) is 0 Å². The average molecular weight is 341 g/mol. The number of amides is 1. The lowest BCUT2D eigenvalue weighted by molar-refractivity contribution is -0.384. The molecule has 1 amide bonds. The first-order chi connectivity index (χ1) is 9.56. The lowest BCUT2D eigenvalue weighted by Gasteiger charge is -2.15. The van der Waals surface area contributed by atoms with Gasteiger partial charge in [0, 0.05) is 24.0 Å². The van der Waals surface area contributed by atoms with Crippen LogP contribution in [0.2, 0.25) is 0 Å². The molecule has 0 aromatic heterocycles. The van der Waals surface area contributed by atoms with Crippen LogP contribution in [0.3, 0.4) is 0 Å². The van der Waals surface area contributed by atoms with Crippen molar-refractivity contribution in [3.05, 3.63) is 33.9 Å². The highest BCUT2D eigenvalue weighted by atomic mass is 79.9. The van der Waals surface area contributed by atoms with E-state index in [9.17, 15) is 19.7 Å². The molecule has 1 heterocycles. The van der Waals surface area contributed by atoms with Crippen molar-refractivity contribution in [3.8, 4) is 0 Å². The van der Waals surface area contributed by atoms with Gasteiger partial charge in [0.1, 0.15) is 0 Å². The lowest BCUT2D eigenvalue weighted by atomic mass is 10.1. The SMILES string of the molecule is O=C1C(=O)N(CCCCCBr)c2ccc([N+](=O)[O-])cc21. The van der Waals surface area contributed by atoms with Crippen molar-refractivity contribution in [2.45, 2.75) is 19.3 Å². The summed E-state index contributed by atoms with van der Waals surface area (Å²) in [6.07, 6.45) is 2.75. The Morgan fingerprint density at radius 3 is 2.60 bits per heavy atom. The van der Waals surface area contributed by atoms with Gasteiger partial charge >= 0.3 is 0 Å². The quantitative estimate of drug-likeness (QED) is 0.262. The van der Waals surface area contributed by atoms with E-state index in [1.54, 1.807) is 0 Å². The zero-order valence-electron chi connectivity index (χ0n) is 10.7. The molecule has 0 spiro atoms. The molecule has 0 saturated carbocycles. The number of anilines is 1. The van der Waals surface area contributed by atoms with Crippen LogP contribution in [0.15, 0.2) is 18.2 Å². The van der Waals surface area contributed by atoms with E-state index in [1.807, 2.05) is 0 Å². The molecule has 7 heteroatoms. The summed E-state index contributed by atoms with van der Waals surface area (Å²) in [5.41, 5.74) is 0.431. The number of carbonyl (C=O) groups excluding carboxylic acids is 2. The van der Waals surface area contributed by atoms with Crippen molar-refractivity contribution >= 4 is 39.0 Å². The van der Waals surface area contributed by atoms with E-state index in [1.165, 1.54) is 23.1 Å². The Morgan fingerprint density at radius 2 is 1.95 bits per heavy atom. The molecule has 106 valence electrons. The third-order valence-corrected chi connectivity index (χ3v) is 3.74. The van der Waals surface area contributed by atoms with Gasteiger partial charge in [-0.1, -0.05) is 22.4 Å². The summed E-state index contributed by atoms with van der Waals surface area (Å²) in [6.45, 7) is 0.461. The predicted molar refractivity (Wildman–Crippen MR) is 77.4 cm³/mol. The summed E-state index contributed by atoms with van der Waals surface area (Å²) < 4.78 is 0. The number of Topliss-reactive ketones (excluding diaryl/α,β-unsaturated/α-hetero) is 1. The van der Waals surface area contributed by atoms with Crippen LogP contribution in [0.5, 0.6) is 0 Å². The van der Waals surface area contributed by atoms with E-state index in [0.717, 1.165) is 24.6 Å². The summed E-state index contributed by atoms with van der Waals surface area (Å²) in [5, 5.41) is 11.6. The smallest absolute Gasteiger partial charge is 0.299 e. The molecule has 0 fully saturated rings. The first kappa shape index (κ1) is 14.6. The fourth-order valence-corrected chi connectivity index (χ4v) is 2.56. The molecule has 1 aliphatic rings. The van der Waals surface area contributed by atoms with Crippen LogP contribution in [0.4, 0.5) is 11.4 Å². The molecular weight excluding hydrogens is 328 g/mol. The molecule has 0 unspecified atom stereocenters. The molecule has 6 nitrogen and oxygen atoms in total. The summed E-state index contributed by atoms with van der Waals surface area (Å²) >= 11 is 3.33. The van der Waals surface area contributed by atoms with E-state index in [2.05, 4.69) is 15.9 Å². The zero-order valence-corrected chi connectivity index (χ0v) is 12.3. The minimum Gasteiger partial charge on any atom is -0.305 e. The molecule has 0 saturated heterocycles. The first-order valence-electron chi connectivity index (χ1n) is 6.27. The predicted octanol–water partition coefficient (Wildman–Crippen LogP) is 2.69. The molecule has 2 rings (SSSR count). The molecule has 1 aromatic rings. The number of unbranched alkanes of at least 4 members (excludes halogenated alkanes) is 2. The summed E-state index contributed by atoms with van der Waals surface area (Å²) in [4.78, 5) is 35.3. The second-order valence-electron chi connectivity index (χ2n) is 4.49. The second-order valence-corrected chi connectivity index (χ2v) is 5.29. The Kier molecular flexibility index (Phi) is 4.49. The van der Waals surface area contributed by atoms with Crippen molar-refractivity contribution < 1.29 is 14.5 Å². The Morgan fingerprint density at radius 1 is 1.20 bits per heavy atom. The molecule has 0 radical (unpaired) electrons. The number of nitro groups is 1. The van der Waals surface area contributed by atoms with Gasteiger partial charge in [-0.3, -0.25) is 19.7 Å². The number of ketones is 1. The fourth-order valence-electron chi connectivity index (χ4n) is 2.17. The Hall–Kier alpha value is -1.76. The Balaban J connectivity index is 2.20. The Bertz CT molecular complexity index is 573. The van der Waals surface area contributed by atoms with Gasteiger partial charge in [-0.2, -0.15) is 0 Å². The number of rotatable bonds is 6. The molecule has 0 N–H and O–H groups in total. The van der Waals surface area contributed by atoms with Crippen LogP contribution in [0.1, 0.15) is 29.6 Å². The van der Waals surface area contributed by atoms with Gasteiger partial charge in [-0.15, -0.1) is 0 Å². The van der Waals surface area contributed by atoms with Crippen LogP contribution in [0, 0.1) is 10.1 Å². The van der Waals surface area contributed by atoms with E-state index >= 15 is 0 Å². The number of halogens is 1. The number of hydrogen-bond acceptors (Lipinski definition) is 4. The number of non-ortho nitro benzene ring substituents is 1. The molecule has 20 heavy (non-hydrogen) atoms. The largest absolute Gasteiger partial charge is 0.305 e. The topological polar surface area (TPSA) is 80.5 Å². The minimum absolute atomic E-state index is 0.129. The van der Waals surface area contributed by atoms with Crippen molar-refractivity contribution in [1.29, 1.82) is 0 Å². The number of alkyl halides is 1. The maximum absolute atomic E-state index is 11.9. The van der Waals surface area contributed by atoms with Gasteiger partial charge in [-0.05, 0) is 18.9 Å². The van der Waals surface area contributed by atoms with Gasteiger partial charge < -0.3 is 4.90 Å². The van der Waals surface area contributed by atoms with Crippen LogP contribution in [-0.4, -0.2) is 28.5 Å². The third-order valence-electron chi connectivity index (χ3n) is 3.18. The van der Waals surface area contributed by atoms with Crippen molar-refractivity contribution in [2.75, 3.05) is 16.8 Å². The van der Waals surface area contributed by atoms with Crippen LogP contribution >= 0.6 is 15.9 Å². The van der Waals surface area contributed by atoms with Crippen molar-refractivity contribution in [3.63, 3.8) is 0 Å². The maximum Gasteiger partial charge on any atom is 0.299 e. The standard InChI is InChI=1S/C13H13BrN2O4/c14-6-2-1-3-7-15-11-5-4-9(16(19)20)8-10(11)12(17)13(15)18/h4-5,8H,1-3,6-7H2. The van der Waals surface area contributed by atoms with E-state index < -0.39 is 16.6 Å². The fraction of sp³-hybridized carbons (Fsp3) is 0.385. The summed E-state index contributed by atoms with van der Waals surface area (Å²) in [5.74, 6) is -1.26. The van der Waals surface area contributed by atoms with Crippen molar-refractivity contribution in [2.24, 2.45) is 0 Å². The highest BCUT2D eigenvalue weighted by molar-refractivity contribution is 9.09. The molecule has 1 aliphatic heterocycles. The number of nitro benzene ring substituents is 1. The molecule has 0 atom stereocenters. The Labute approximate surface area is 124 Å². The number of carbonyl (C=O) groups is 2. The van der Waals surface area contributed by atoms with Gasteiger partial charge in [-0.25, -0.2) is 0 Å². The number of fused-ring (bicyclic) bond motifs is 1. The minimum atomic E-state index is -0.663. The highest BCUT2D eigenvalue weighted by Gasteiger charge is 2.36. The highest BCUT2D eigenvalue weighted by Crippen LogP contribution is 2.32.